The smallest absolute Gasteiger partial charge is 0.0598 e. The molecule has 2 rings (SSSR count). The predicted octanol–water partition coefficient (Wildman–Crippen LogP) is 3.86. The zero-order chi connectivity index (χ0) is 9.97. The summed E-state index contributed by atoms with van der Waals surface area (Å²) in [7, 11) is 0. The van der Waals surface area contributed by atoms with Crippen LogP contribution in [-0.2, 0) is 0 Å². The molecule has 0 aliphatic carbocycles. The maximum absolute atomic E-state index is 5.90. The van der Waals surface area contributed by atoms with Crippen molar-refractivity contribution in [2.45, 2.75) is 0 Å². The number of benzene rings is 1. The zero-order valence-electron chi connectivity index (χ0n) is 7.17. The zero-order valence-corrected chi connectivity index (χ0v) is 8.68. The Hall–Kier alpha value is -1.05. The van der Waals surface area contributed by atoms with Gasteiger partial charge in [0.25, 0.3) is 0 Å². The van der Waals surface area contributed by atoms with Gasteiger partial charge in [-0.1, -0.05) is 29.3 Å². The van der Waals surface area contributed by atoms with E-state index in [9.17, 15) is 0 Å². The normalized spacial score (nSPS) is 10.1. The topological polar surface area (TPSA) is 12.9 Å². The lowest BCUT2D eigenvalue weighted by Crippen LogP contribution is -1.79. The number of aromatic nitrogens is 1. The molecule has 69 valence electrons. The van der Waals surface area contributed by atoms with Gasteiger partial charge in [-0.15, -0.1) is 0 Å². The fraction of sp³-hybridized carbons (Fsp3) is 0. The average molecular weight is 223 g/mol. The Kier molecular flexibility index (Phi) is 2.71. The molecule has 0 spiro atoms. The van der Waals surface area contributed by atoms with Crippen LogP contribution in [0.4, 0.5) is 0 Å². The van der Waals surface area contributed by atoms with E-state index in [1.165, 1.54) is 0 Å². The van der Waals surface area contributed by atoms with Gasteiger partial charge in [0.05, 0.1) is 10.0 Å². The van der Waals surface area contributed by atoms with Crippen molar-refractivity contribution in [3.05, 3.63) is 52.8 Å². The second-order valence-electron chi connectivity index (χ2n) is 2.80. The predicted molar refractivity (Wildman–Crippen MR) is 58.5 cm³/mol. The Morgan fingerprint density at radius 1 is 1.07 bits per heavy atom. The number of halogens is 2. The summed E-state index contributed by atoms with van der Waals surface area (Å²) in [6.07, 6.45) is 3.37. The molecular weight excluding hydrogens is 217 g/mol. The van der Waals surface area contributed by atoms with Gasteiger partial charge in [0, 0.05) is 24.0 Å². The summed E-state index contributed by atoms with van der Waals surface area (Å²) < 4.78 is 0. The molecule has 0 saturated heterocycles. The molecule has 0 N–H and O–H groups in total. The highest BCUT2D eigenvalue weighted by molar-refractivity contribution is 6.42. The fourth-order valence-corrected chi connectivity index (χ4v) is 1.46. The largest absolute Gasteiger partial charge is 0.263 e. The van der Waals surface area contributed by atoms with Crippen LogP contribution in [0.25, 0.3) is 11.1 Å². The lowest BCUT2D eigenvalue weighted by molar-refractivity contribution is 1.32. The van der Waals surface area contributed by atoms with Gasteiger partial charge < -0.3 is 0 Å². The van der Waals surface area contributed by atoms with Crippen LogP contribution < -0.4 is 0 Å². The van der Waals surface area contributed by atoms with Crippen LogP contribution in [0.5, 0.6) is 0 Å². The average Bonchev–Trinajstić information content (AvgIpc) is 2.23. The van der Waals surface area contributed by atoms with Crippen molar-refractivity contribution >= 4 is 23.2 Å². The SMILES string of the molecule is Clc1ccc(-c2c[c]cnc2)cc1Cl. The molecule has 0 bridgehead atoms. The molecule has 0 saturated carbocycles. The molecule has 1 nitrogen and oxygen atoms in total. The van der Waals surface area contributed by atoms with Crippen LogP contribution in [0, 0.1) is 6.07 Å². The third-order valence-electron chi connectivity index (χ3n) is 1.85. The first-order valence-electron chi connectivity index (χ1n) is 4.04. The molecular formula is C11H6Cl2N. The minimum Gasteiger partial charge on any atom is -0.263 e. The lowest BCUT2D eigenvalue weighted by Gasteiger charge is -2.01. The summed E-state index contributed by atoms with van der Waals surface area (Å²) in [6.45, 7) is 0. The first kappa shape index (κ1) is 9.50. The molecule has 1 heterocycles. The molecule has 14 heavy (non-hydrogen) atoms. The molecule has 0 fully saturated rings. The summed E-state index contributed by atoms with van der Waals surface area (Å²) >= 11 is 11.7. The molecule has 0 unspecified atom stereocenters. The molecule has 2 aromatic rings. The molecule has 0 aliphatic heterocycles. The van der Waals surface area contributed by atoms with E-state index in [1.54, 1.807) is 18.5 Å². The maximum atomic E-state index is 5.90. The summed E-state index contributed by atoms with van der Waals surface area (Å²) in [4.78, 5) is 3.98. The van der Waals surface area contributed by atoms with Gasteiger partial charge in [-0.05, 0) is 23.8 Å². The van der Waals surface area contributed by atoms with Crippen LogP contribution in [-0.4, -0.2) is 4.98 Å². The van der Waals surface area contributed by atoms with Crippen molar-refractivity contribution in [2.24, 2.45) is 0 Å². The van der Waals surface area contributed by atoms with Gasteiger partial charge in [-0.3, -0.25) is 4.98 Å². The Balaban J connectivity index is 2.48. The molecule has 1 radical (unpaired) electrons. The molecule has 0 amide bonds. The Bertz CT molecular complexity index is 440. The van der Waals surface area contributed by atoms with Gasteiger partial charge in [-0.2, -0.15) is 0 Å². The van der Waals surface area contributed by atoms with Crippen LogP contribution >= 0.6 is 23.2 Å². The monoisotopic (exact) mass is 222 g/mol. The first-order chi connectivity index (χ1) is 6.77. The van der Waals surface area contributed by atoms with E-state index in [4.69, 9.17) is 23.2 Å². The van der Waals surface area contributed by atoms with Crippen molar-refractivity contribution in [1.29, 1.82) is 0 Å². The van der Waals surface area contributed by atoms with Gasteiger partial charge in [0.2, 0.25) is 0 Å². The molecule has 0 atom stereocenters. The van der Waals surface area contributed by atoms with E-state index in [0.717, 1.165) is 11.1 Å². The van der Waals surface area contributed by atoms with Crippen LogP contribution in [0.3, 0.4) is 0 Å². The Morgan fingerprint density at radius 3 is 2.57 bits per heavy atom. The lowest BCUT2D eigenvalue weighted by atomic mass is 10.1. The van der Waals surface area contributed by atoms with E-state index in [-0.39, 0.29) is 0 Å². The van der Waals surface area contributed by atoms with E-state index in [0.29, 0.717) is 10.0 Å². The number of hydrogen-bond acceptors (Lipinski definition) is 1. The second kappa shape index (κ2) is 3.99. The molecule has 1 aromatic heterocycles. The van der Waals surface area contributed by atoms with E-state index in [1.807, 2.05) is 18.2 Å². The quantitative estimate of drug-likeness (QED) is 0.715. The minimum atomic E-state index is 0.549. The van der Waals surface area contributed by atoms with E-state index < -0.39 is 0 Å². The molecule has 0 aliphatic rings. The third kappa shape index (κ3) is 1.89. The number of hydrogen-bond donors (Lipinski definition) is 0. The summed E-state index contributed by atoms with van der Waals surface area (Å²) in [6, 6.07) is 10.2. The number of rotatable bonds is 1. The van der Waals surface area contributed by atoms with Crippen molar-refractivity contribution in [2.75, 3.05) is 0 Å². The van der Waals surface area contributed by atoms with Crippen molar-refractivity contribution in [1.82, 2.24) is 4.98 Å². The molecule has 1 aromatic carbocycles. The highest BCUT2D eigenvalue weighted by Crippen LogP contribution is 2.27. The Labute approximate surface area is 92.3 Å². The number of pyridine rings is 1. The summed E-state index contributed by atoms with van der Waals surface area (Å²) in [5.74, 6) is 0. The number of nitrogens with zero attached hydrogens (tertiary/aromatic N) is 1. The van der Waals surface area contributed by atoms with Gasteiger partial charge >= 0.3 is 0 Å². The standard InChI is InChI=1S/C11H6Cl2N/c12-10-4-3-8(6-11(10)13)9-2-1-5-14-7-9/h2-7H. The summed E-state index contributed by atoms with van der Waals surface area (Å²) in [5, 5.41) is 1.11. The minimum absolute atomic E-state index is 0.549. The van der Waals surface area contributed by atoms with Crippen LogP contribution in [0.1, 0.15) is 0 Å². The van der Waals surface area contributed by atoms with Gasteiger partial charge in [0.1, 0.15) is 0 Å². The maximum Gasteiger partial charge on any atom is 0.0598 e. The second-order valence-corrected chi connectivity index (χ2v) is 3.62. The third-order valence-corrected chi connectivity index (χ3v) is 2.59. The fourth-order valence-electron chi connectivity index (χ4n) is 1.16. The van der Waals surface area contributed by atoms with E-state index in [2.05, 4.69) is 11.1 Å². The van der Waals surface area contributed by atoms with Crippen LogP contribution in [0.15, 0.2) is 36.7 Å². The van der Waals surface area contributed by atoms with Crippen molar-refractivity contribution < 1.29 is 0 Å². The van der Waals surface area contributed by atoms with Crippen molar-refractivity contribution in [3.8, 4) is 11.1 Å². The van der Waals surface area contributed by atoms with Gasteiger partial charge in [-0.25, -0.2) is 0 Å². The highest BCUT2D eigenvalue weighted by atomic mass is 35.5. The van der Waals surface area contributed by atoms with Crippen LogP contribution in [0.2, 0.25) is 10.0 Å². The summed E-state index contributed by atoms with van der Waals surface area (Å²) in [5.41, 5.74) is 1.97. The van der Waals surface area contributed by atoms with Gasteiger partial charge in [0.15, 0.2) is 0 Å². The van der Waals surface area contributed by atoms with E-state index >= 15 is 0 Å². The van der Waals surface area contributed by atoms with Crippen molar-refractivity contribution in [3.63, 3.8) is 0 Å². The first-order valence-corrected chi connectivity index (χ1v) is 4.79. The Morgan fingerprint density at radius 2 is 1.93 bits per heavy atom. The molecule has 3 heteroatoms. The highest BCUT2D eigenvalue weighted by Gasteiger charge is 2.01.